The molecule has 1 aromatic heterocycles. The Balaban J connectivity index is 1.27. The van der Waals surface area contributed by atoms with E-state index >= 15 is 0 Å². The van der Waals surface area contributed by atoms with E-state index in [2.05, 4.69) is 38.0 Å². The number of halogens is 1. The maximum atomic E-state index is 12.8. The van der Waals surface area contributed by atoms with Gasteiger partial charge in [0.15, 0.2) is 0 Å². The van der Waals surface area contributed by atoms with Crippen LogP contribution < -0.4 is 11.2 Å². The Morgan fingerprint density at radius 2 is 1.67 bits per heavy atom. The zero-order chi connectivity index (χ0) is 24.6. The summed E-state index contributed by atoms with van der Waals surface area (Å²) in [6.07, 6.45) is 11.2. The lowest BCUT2D eigenvalue weighted by molar-refractivity contribution is -0.00518. The zero-order valence-corrected chi connectivity index (χ0v) is 21.3. The van der Waals surface area contributed by atoms with Crippen LogP contribution in [0.2, 0.25) is 0 Å². The molecule has 182 valence electrons. The number of rotatable bonds is 3. The first kappa shape index (κ1) is 22.0. The quantitative estimate of drug-likeness (QED) is 0.443. The number of nitrogens with zero attached hydrogens (tertiary/aromatic N) is 2. The molecule has 0 unspecified atom stereocenters. The summed E-state index contributed by atoms with van der Waals surface area (Å²) < 4.78 is 2.06. The summed E-state index contributed by atoms with van der Waals surface area (Å²) in [5.41, 5.74) is 3.18. The third kappa shape index (κ3) is 3.39. The third-order valence-electron chi connectivity index (χ3n) is 8.81. The first-order valence-corrected chi connectivity index (χ1v) is 13.4. The number of hydrogen-bond donors (Lipinski definition) is 2. The lowest BCUT2D eigenvalue weighted by atomic mass is 9.48. The van der Waals surface area contributed by atoms with E-state index in [0.29, 0.717) is 11.3 Å². The van der Waals surface area contributed by atoms with Crippen molar-refractivity contribution in [3.63, 3.8) is 0 Å². The summed E-state index contributed by atoms with van der Waals surface area (Å²) in [6, 6.07) is 13.7. The smallest absolute Gasteiger partial charge is 0.335 e. The fraction of sp³-hybridized carbons (Fsp3) is 0.345. The minimum atomic E-state index is -0.662. The molecule has 6 nitrogen and oxygen atoms in total. The van der Waals surface area contributed by atoms with E-state index in [-0.39, 0.29) is 16.9 Å². The van der Waals surface area contributed by atoms with Crippen LogP contribution in [0.1, 0.15) is 55.2 Å². The monoisotopic (exact) mass is 543 g/mol. The molecule has 0 saturated heterocycles. The summed E-state index contributed by atoms with van der Waals surface area (Å²) in [7, 11) is 0. The van der Waals surface area contributed by atoms with Gasteiger partial charge in [0.2, 0.25) is 5.88 Å². The van der Waals surface area contributed by atoms with Crippen LogP contribution in [0.5, 0.6) is 5.88 Å². The Bertz CT molecular complexity index is 1540. The number of aromatic amines is 1. The minimum Gasteiger partial charge on any atom is -0.494 e. The number of aliphatic imine (C=N–C) groups is 1. The number of aromatic hydroxyl groups is 1. The van der Waals surface area contributed by atoms with E-state index in [1.165, 1.54) is 48.7 Å². The molecule has 2 N–H and O–H groups in total. The van der Waals surface area contributed by atoms with Crippen molar-refractivity contribution in [2.24, 2.45) is 22.7 Å². The molecule has 5 aliphatic rings. The molecule has 4 saturated carbocycles. The van der Waals surface area contributed by atoms with Gasteiger partial charge in [-0.15, -0.1) is 0 Å². The summed E-state index contributed by atoms with van der Waals surface area (Å²) in [5, 5.41) is 11.1. The second-order valence-corrected chi connectivity index (χ2v) is 12.0. The topological polar surface area (TPSA) is 87.5 Å². The second-order valence-electron chi connectivity index (χ2n) is 11.1. The molecule has 1 aliphatic heterocycles. The van der Waals surface area contributed by atoms with Gasteiger partial charge in [-0.2, -0.15) is 0 Å². The second kappa shape index (κ2) is 7.90. The van der Waals surface area contributed by atoms with Gasteiger partial charge in [-0.05, 0) is 104 Å². The summed E-state index contributed by atoms with van der Waals surface area (Å²) >= 11 is 3.47. The fourth-order valence-electron chi connectivity index (χ4n) is 7.67. The van der Waals surface area contributed by atoms with E-state index in [0.717, 1.165) is 33.5 Å². The number of hydrogen-bond acceptors (Lipinski definition) is 4. The summed E-state index contributed by atoms with van der Waals surface area (Å²) in [5.74, 6) is 2.17. The Hall–Kier alpha value is -3.19. The molecule has 0 radical (unpaired) electrons. The number of benzene rings is 2. The van der Waals surface area contributed by atoms with Crippen molar-refractivity contribution >= 4 is 39.5 Å². The Labute approximate surface area is 216 Å². The fourth-order valence-corrected chi connectivity index (χ4v) is 8.03. The number of allylic oxidation sites excluding steroid dienone is 1. The van der Waals surface area contributed by atoms with Gasteiger partial charge in [0, 0.05) is 21.8 Å². The first-order chi connectivity index (χ1) is 17.4. The van der Waals surface area contributed by atoms with Crippen molar-refractivity contribution in [1.29, 1.82) is 0 Å². The molecule has 36 heavy (non-hydrogen) atoms. The number of nitrogens with one attached hydrogen (secondary N) is 1. The van der Waals surface area contributed by atoms with E-state index < -0.39 is 11.2 Å². The predicted molar refractivity (Wildman–Crippen MR) is 144 cm³/mol. The van der Waals surface area contributed by atoms with E-state index in [9.17, 15) is 14.7 Å². The standard InChI is InChI=1S/C29H26BrN3O3/c30-21-3-6-25-23(11-21)19(15-31-25)10-24-26(34)32-28(36)33(27(24)35)22-4-1-20(2-5-22)29-12-16-7-17(13-29)9-18(8-16)14-29/h1-6,10-11,15-18,35H,7-9,12-14H2,(H,32,34,36). The maximum absolute atomic E-state index is 12.8. The SMILES string of the molecule is O=c1[nH]c(=O)n(-c2ccc(C34CC5CC(CC(C5)C3)C4)cc2)c(O)c1C=C1C=Nc2ccc(Br)cc21. The average molecular weight is 544 g/mol. The van der Waals surface area contributed by atoms with Crippen molar-refractivity contribution in [3.05, 3.63) is 84.5 Å². The van der Waals surface area contributed by atoms with Crippen molar-refractivity contribution in [3.8, 4) is 11.6 Å². The Morgan fingerprint density at radius 3 is 2.33 bits per heavy atom. The molecule has 7 heteroatoms. The lowest BCUT2D eigenvalue weighted by Crippen LogP contribution is -2.48. The van der Waals surface area contributed by atoms with Crippen LogP contribution in [0.4, 0.5) is 5.69 Å². The molecule has 0 atom stereocenters. The number of aromatic nitrogens is 2. The van der Waals surface area contributed by atoms with Gasteiger partial charge < -0.3 is 5.11 Å². The molecule has 0 amide bonds. The van der Waals surface area contributed by atoms with Crippen LogP contribution in [-0.4, -0.2) is 20.9 Å². The summed E-state index contributed by atoms with van der Waals surface area (Å²) in [4.78, 5) is 32.3. The molecular weight excluding hydrogens is 518 g/mol. The Kier molecular flexibility index (Phi) is 4.84. The van der Waals surface area contributed by atoms with Crippen molar-refractivity contribution in [1.82, 2.24) is 9.55 Å². The van der Waals surface area contributed by atoms with E-state index in [1.807, 2.05) is 30.3 Å². The van der Waals surface area contributed by atoms with E-state index in [4.69, 9.17) is 0 Å². The molecule has 0 spiro atoms. The highest BCUT2D eigenvalue weighted by molar-refractivity contribution is 9.10. The van der Waals surface area contributed by atoms with Gasteiger partial charge in [0.05, 0.1) is 11.4 Å². The molecule has 4 fully saturated rings. The van der Waals surface area contributed by atoms with Crippen LogP contribution in [0, 0.1) is 17.8 Å². The summed E-state index contributed by atoms with van der Waals surface area (Å²) in [6.45, 7) is 0. The molecular formula is C29H26BrN3O3. The maximum Gasteiger partial charge on any atom is 0.335 e. The van der Waals surface area contributed by atoms with Crippen LogP contribution in [0.3, 0.4) is 0 Å². The highest BCUT2D eigenvalue weighted by atomic mass is 79.9. The molecule has 8 rings (SSSR count). The normalized spacial score (nSPS) is 28.7. The first-order valence-electron chi connectivity index (χ1n) is 12.6. The van der Waals surface area contributed by atoms with Crippen molar-refractivity contribution in [2.45, 2.75) is 43.9 Å². The molecule has 2 heterocycles. The van der Waals surface area contributed by atoms with Crippen molar-refractivity contribution < 1.29 is 5.11 Å². The average Bonchev–Trinajstić information content (AvgIpc) is 3.23. The van der Waals surface area contributed by atoms with E-state index in [1.54, 1.807) is 12.3 Å². The van der Waals surface area contributed by atoms with Crippen LogP contribution in [-0.2, 0) is 5.41 Å². The predicted octanol–water partition coefficient (Wildman–Crippen LogP) is 5.72. The van der Waals surface area contributed by atoms with Gasteiger partial charge in [-0.3, -0.25) is 14.8 Å². The van der Waals surface area contributed by atoms with Gasteiger partial charge in [-0.25, -0.2) is 9.36 Å². The molecule has 4 aliphatic carbocycles. The van der Waals surface area contributed by atoms with Gasteiger partial charge in [0.25, 0.3) is 5.56 Å². The van der Waals surface area contributed by atoms with Gasteiger partial charge in [-0.1, -0.05) is 28.1 Å². The zero-order valence-electron chi connectivity index (χ0n) is 19.7. The number of H-pyrrole nitrogens is 1. The van der Waals surface area contributed by atoms with Crippen LogP contribution in [0.15, 0.2) is 61.5 Å². The van der Waals surface area contributed by atoms with Crippen molar-refractivity contribution in [2.75, 3.05) is 0 Å². The lowest BCUT2D eigenvalue weighted by Gasteiger charge is -2.57. The highest BCUT2D eigenvalue weighted by Crippen LogP contribution is 2.60. The largest absolute Gasteiger partial charge is 0.494 e. The molecule has 2 aromatic carbocycles. The number of fused-ring (bicyclic) bond motifs is 1. The van der Waals surface area contributed by atoms with Crippen LogP contribution in [0.25, 0.3) is 17.3 Å². The molecule has 3 aromatic rings. The highest BCUT2D eigenvalue weighted by Gasteiger charge is 2.51. The minimum absolute atomic E-state index is 0.0223. The molecule has 4 bridgehead atoms. The van der Waals surface area contributed by atoms with Gasteiger partial charge in [0.1, 0.15) is 5.56 Å². The van der Waals surface area contributed by atoms with Gasteiger partial charge >= 0.3 is 5.69 Å². The Morgan fingerprint density at radius 1 is 1.00 bits per heavy atom. The third-order valence-corrected chi connectivity index (χ3v) is 9.30. The van der Waals surface area contributed by atoms with Crippen LogP contribution >= 0.6 is 15.9 Å².